The quantitative estimate of drug-likeness (QED) is 0.622. The number of benzene rings is 2. The molecule has 2 aliphatic rings. The summed E-state index contributed by atoms with van der Waals surface area (Å²) in [5, 5.41) is 0. The van der Waals surface area contributed by atoms with Crippen LogP contribution >= 0.6 is 0 Å². The molecule has 1 amide bonds. The van der Waals surface area contributed by atoms with E-state index in [0.717, 1.165) is 55.7 Å². The van der Waals surface area contributed by atoms with Gasteiger partial charge in [-0.1, -0.05) is 6.07 Å². The Morgan fingerprint density at radius 3 is 2.47 bits per heavy atom. The molecule has 7 nitrogen and oxygen atoms in total. The fourth-order valence-corrected chi connectivity index (χ4v) is 3.70. The normalized spacial score (nSPS) is 15.8. The SMILES string of the molecule is COc1ccc(OCCCC(=O)N2CCN(Cc3ccc4c(c3)OCO4)CC2)cc1. The molecule has 2 aromatic rings. The summed E-state index contributed by atoms with van der Waals surface area (Å²) in [6.07, 6.45) is 1.22. The number of amides is 1. The van der Waals surface area contributed by atoms with Crippen LogP contribution in [0.3, 0.4) is 0 Å². The van der Waals surface area contributed by atoms with Crippen molar-refractivity contribution in [1.82, 2.24) is 9.80 Å². The van der Waals surface area contributed by atoms with Crippen LogP contribution in [0.4, 0.5) is 0 Å². The van der Waals surface area contributed by atoms with Crippen molar-refractivity contribution in [1.29, 1.82) is 0 Å². The first-order valence-electron chi connectivity index (χ1n) is 10.4. The molecule has 2 aliphatic heterocycles. The Morgan fingerprint density at radius 1 is 0.967 bits per heavy atom. The second-order valence-electron chi connectivity index (χ2n) is 7.47. The molecule has 160 valence electrons. The van der Waals surface area contributed by atoms with Crippen molar-refractivity contribution in [3.63, 3.8) is 0 Å². The molecule has 0 saturated carbocycles. The summed E-state index contributed by atoms with van der Waals surface area (Å²) in [7, 11) is 1.64. The van der Waals surface area contributed by atoms with Gasteiger partial charge in [0, 0.05) is 39.1 Å². The van der Waals surface area contributed by atoms with Gasteiger partial charge in [0.1, 0.15) is 11.5 Å². The minimum Gasteiger partial charge on any atom is -0.497 e. The third-order valence-electron chi connectivity index (χ3n) is 5.43. The number of rotatable bonds is 8. The average Bonchev–Trinajstić information content (AvgIpc) is 3.25. The number of ether oxygens (including phenoxy) is 4. The molecule has 0 atom stereocenters. The molecule has 0 radical (unpaired) electrons. The van der Waals surface area contributed by atoms with Gasteiger partial charge in [-0.3, -0.25) is 9.69 Å². The number of carbonyl (C=O) groups is 1. The summed E-state index contributed by atoms with van der Waals surface area (Å²) in [6, 6.07) is 13.6. The van der Waals surface area contributed by atoms with E-state index in [9.17, 15) is 4.79 Å². The molecule has 0 aliphatic carbocycles. The molecule has 1 fully saturated rings. The Kier molecular flexibility index (Phi) is 6.59. The number of nitrogens with zero attached hydrogens (tertiary/aromatic N) is 2. The van der Waals surface area contributed by atoms with Gasteiger partial charge in [-0.15, -0.1) is 0 Å². The van der Waals surface area contributed by atoms with Gasteiger partial charge in [0.2, 0.25) is 12.7 Å². The van der Waals surface area contributed by atoms with Crippen molar-refractivity contribution < 1.29 is 23.7 Å². The summed E-state index contributed by atoms with van der Waals surface area (Å²) >= 11 is 0. The van der Waals surface area contributed by atoms with Gasteiger partial charge in [-0.25, -0.2) is 0 Å². The standard InChI is InChI=1S/C23H28N2O5/c1-27-19-5-7-20(8-6-19)28-14-2-3-23(26)25-12-10-24(11-13-25)16-18-4-9-21-22(15-18)30-17-29-21/h4-9,15H,2-3,10-14,16-17H2,1H3. The van der Waals surface area contributed by atoms with Crippen LogP contribution in [0.2, 0.25) is 0 Å². The van der Waals surface area contributed by atoms with Crippen molar-refractivity contribution >= 4 is 5.91 Å². The molecule has 0 bridgehead atoms. The minimum absolute atomic E-state index is 0.205. The van der Waals surface area contributed by atoms with Crippen LogP contribution in [-0.4, -0.2) is 62.4 Å². The third-order valence-corrected chi connectivity index (χ3v) is 5.43. The molecule has 4 rings (SSSR count). The van der Waals surface area contributed by atoms with E-state index in [-0.39, 0.29) is 5.91 Å². The van der Waals surface area contributed by atoms with Crippen molar-refractivity contribution in [2.75, 3.05) is 46.7 Å². The van der Waals surface area contributed by atoms with E-state index in [0.29, 0.717) is 26.2 Å². The lowest BCUT2D eigenvalue weighted by Crippen LogP contribution is -2.48. The van der Waals surface area contributed by atoms with Gasteiger partial charge in [-0.05, 0) is 48.4 Å². The molecule has 0 aromatic heterocycles. The molecule has 7 heteroatoms. The summed E-state index contributed by atoms with van der Waals surface area (Å²) in [5.74, 6) is 3.43. The molecule has 0 spiro atoms. The van der Waals surface area contributed by atoms with E-state index in [4.69, 9.17) is 18.9 Å². The lowest BCUT2D eigenvalue weighted by atomic mass is 10.1. The molecule has 0 N–H and O–H groups in total. The first kappa shape index (κ1) is 20.3. The van der Waals surface area contributed by atoms with Gasteiger partial charge in [0.05, 0.1) is 13.7 Å². The number of methoxy groups -OCH3 is 1. The van der Waals surface area contributed by atoms with E-state index in [1.807, 2.05) is 41.3 Å². The van der Waals surface area contributed by atoms with Crippen LogP contribution in [0.25, 0.3) is 0 Å². The molecule has 0 unspecified atom stereocenters. The van der Waals surface area contributed by atoms with E-state index in [2.05, 4.69) is 11.0 Å². The van der Waals surface area contributed by atoms with E-state index in [1.165, 1.54) is 5.56 Å². The number of fused-ring (bicyclic) bond motifs is 1. The molecule has 2 aromatic carbocycles. The van der Waals surface area contributed by atoms with Crippen LogP contribution in [0.1, 0.15) is 18.4 Å². The Bertz CT molecular complexity index is 847. The highest BCUT2D eigenvalue weighted by Gasteiger charge is 2.21. The van der Waals surface area contributed by atoms with Crippen LogP contribution in [0, 0.1) is 0 Å². The topological polar surface area (TPSA) is 60.5 Å². The van der Waals surface area contributed by atoms with Gasteiger partial charge in [0.25, 0.3) is 0 Å². The van der Waals surface area contributed by atoms with E-state index >= 15 is 0 Å². The summed E-state index contributed by atoms with van der Waals surface area (Å²) in [5.41, 5.74) is 1.20. The van der Waals surface area contributed by atoms with Crippen molar-refractivity contribution in [3.8, 4) is 23.0 Å². The number of hydrogen-bond acceptors (Lipinski definition) is 6. The maximum absolute atomic E-state index is 12.5. The van der Waals surface area contributed by atoms with Gasteiger partial charge in [-0.2, -0.15) is 0 Å². The molecule has 1 saturated heterocycles. The fourth-order valence-electron chi connectivity index (χ4n) is 3.70. The van der Waals surface area contributed by atoms with Gasteiger partial charge < -0.3 is 23.8 Å². The largest absolute Gasteiger partial charge is 0.497 e. The van der Waals surface area contributed by atoms with Crippen molar-refractivity contribution in [2.45, 2.75) is 19.4 Å². The summed E-state index contributed by atoms with van der Waals surface area (Å²) in [4.78, 5) is 16.8. The lowest BCUT2D eigenvalue weighted by molar-refractivity contribution is -0.133. The zero-order valence-corrected chi connectivity index (χ0v) is 17.3. The smallest absolute Gasteiger partial charge is 0.231 e. The predicted molar refractivity (Wildman–Crippen MR) is 112 cm³/mol. The fraction of sp³-hybridized carbons (Fsp3) is 0.435. The highest BCUT2D eigenvalue weighted by molar-refractivity contribution is 5.76. The number of piperazine rings is 1. The van der Waals surface area contributed by atoms with Gasteiger partial charge in [0.15, 0.2) is 11.5 Å². The van der Waals surface area contributed by atoms with Crippen LogP contribution in [0.5, 0.6) is 23.0 Å². The Hall–Kier alpha value is -2.93. The molecule has 2 heterocycles. The third kappa shape index (κ3) is 5.16. The second kappa shape index (κ2) is 9.71. The minimum atomic E-state index is 0.205. The average molecular weight is 412 g/mol. The van der Waals surface area contributed by atoms with Crippen molar-refractivity contribution in [3.05, 3.63) is 48.0 Å². The van der Waals surface area contributed by atoms with Crippen LogP contribution < -0.4 is 18.9 Å². The highest BCUT2D eigenvalue weighted by atomic mass is 16.7. The molecular weight excluding hydrogens is 384 g/mol. The lowest BCUT2D eigenvalue weighted by Gasteiger charge is -2.34. The van der Waals surface area contributed by atoms with Crippen LogP contribution in [-0.2, 0) is 11.3 Å². The van der Waals surface area contributed by atoms with Crippen molar-refractivity contribution in [2.24, 2.45) is 0 Å². The van der Waals surface area contributed by atoms with E-state index in [1.54, 1.807) is 7.11 Å². The Labute approximate surface area is 177 Å². The van der Waals surface area contributed by atoms with E-state index < -0.39 is 0 Å². The monoisotopic (exact) mass is 412 g/mol. The molecular formula is C23H28N2O5. The summed E-state index contributed by atoms with van der Waals surface area (Å²) in [6.45, 7) is 4.97. The first-order valence-corrected chi connectivity index (χ1v) is 10.4. The zero-order chi connectivity index (χ0) is 20.8. The Balaban J connectivity index is 1.14. The zero-order valence-electron chi connectivity index (χ0n) is 17.3. The Morgan fingerprint density at radius 2 is 1.70 bits per heavy atom. The summed E-state index contributed by atoms with van der Waals surface area (Å²) < 4.78 is 21.7. The van der Waals surface area contributed by atoms with Gasteiger partial charge >= 0.3 is 0 Å². The number of hydrogen-bond donors (Lipinski definition) is 0. The predicted octanol–water partition coefficient (Wildman–Crippen LogP) is 2.93. The highest BCUT2D eigenvalue weighted by Crippen LogP contribution is 2.32. The van der Waals surface area contributed by atoms with Crippen LogP contribution in [0.15, 0.2) is 42.5 Å². The maximum Gasteiger partial charge on any atom is 0.231 e. The molecule has 30 heavy (non-hydrogen) atoms. The second-order valence-corrected chi connectivity index (χ2v) is 7.47. The first-order chi connectivity index (χ1) is 14.7. The maximum atomic E-state index is 12.5. The number of carbonyl (C=O) groups excluding carboxylic acids is 1.